The van der Waals surface area contributed by atoms with Gasteiger partial charge in [0, 0.05) is 18.3 Å². The average Bonchev–Trinajstić information content (AvgIpc) is 3.05. The molecule has 5 nitrogen and oxygen atoms in total. The van der Waals surface area contributed by atoms with Crippen LogP contribution in [0.3, 0.4) is 0 Å². The van der Waals surface area contributed by atoms with Crippen LogP contribution in [0, 0.1) is 13.8 Å². The predicted octanol–water partition coefficient (Wildman–Crippen LogP) is 3.23. The van der Waals surface area contributed by atoms with E-state index in [0.717, 1.165) is 29.5 Å². The van der Waals surface area contributed by atoms with Gasteiger partial charge in [-0.25, -0.2) is 13.4 Å². The molecular weight excluding hydrogens is 324 g/mol. The van der Waals surface area contributed by atoms with Crippen molar-refractivity contribution in [1.82, 2.24) is 9.29 Å². The fraction of sp³-hybridized carbons (Fsp3) is 0.389. The number of benzene rings is 1. The molecule has 0 spiro atoms. The molecule has 0 bridgehead atoms. The summed E-state index contributed by atoms with van der Waals surface area (Å²) in [6, 6.07) is 8.82. The molecule has 0 amide bonds. The van der Waals surface area contributed by atoms with Gasteiger partial charge in [0.1, 0.15) is 0 Å². The Morgan fingerprint density at radius 2 is 1.92 bits per heavy atom. The quantitative estimate of drug-likeness (QED) is 0.853. The number of aryl methyl sites for hydroxylation is 2. The minimum Gasteiger partial charge on any atom is -0.481 e. The Kier molecular flexibility index (Phi) is 4.60. The summed E-state index contributed by atoms with van der Waals surface area (Å²) in [4.78, 5) is 4.64. The molecule has 1 aliphatic heterocycles. The summed E-state index contributed by atoms with van der Waals surface area (Å²) in [6.45, 7) is 4.40. The van der Waals surface area contributed by atoms with Crippen molar-refractivity contribution in [3.8, 4) is 5.88 Å². The van der Waals surface area contributed by atoms with Crippen molar-refractivity contribution in [2.75, 3.05) is 13.7 Å². The second-order valence-electron chi connectivity index (χ2n) is 6.18. The monoisotopic (exact) mass is 346 g/mol. The molecule has 1 aliphatic rings. The standard InChI is InChI=1S/C18H22N2O3S/c1-13-6-8-16(9-7-13)24(21,22)20-10-4-5-17(20)15-11-14(2)18(23-3)19-12-15/h6-9,11-12,17H,4-5,10H2,1-3H3. The number of ether oxygens (including phenoxy) is 1. The van der Waals surface area contributed by atoms with Crippen LogP contribution in [0.15, 0.2) is 41.4 Å². The molecule has 6 heteroatoms. The molecular formula is C18H22N2O3S. The Morgan fingerprint density at radius 1 is 1.21 bits per heavy atom. The van der Waals surface area contributed by atoms with Crippen molar-refractivity contribution < 1.29 is 13.2 Å². The third-order valence-corrected chi connectivity index (χ3v) is 6.38. The van der Waals surface area contributed by atoms with Gasteiger partial charge in [-0.15, -0.1) is 0 Å². The van der Waals surface area contributed by atoms with Gasteiger partial charge in [0.05, 0.1) is 18.0 Å². The highest BCUT2D eigenvalue weighted by atomic mass is 32.2. The lowest BCUT2D eigenvalue weighted by atomic mass is 10.1. The van der Waals surface area contributed by atoms with Crippen LogP contribution in [-0.4, -0.2) is 31.4 Å². The molecule has 2 aromatic rings. The minimum atomic E-state index is -3.51. The van der Waals surface area contributed by atoms with E-state index in [9.17, 15) is 8.42 Å². The molecule has 2 heterocycles. The van der Waals surface area contributed by atoms with E-state index in [0.29, 0.717) is 17.3 Å². The second-order valence-corrected chi connectivity index (χ2v) is 8.07. The Labute approximate surface area is 143 Å². The molecule has 0 aliphatic carbocycles. The highest BCUT2D eigenvalue weighted by Crippen LogP contribution is 2.37. The number of hydrogen-bond donors (Lipinski definition) is 0. The molecule has 0 N–H and O–H groups in total. The van der Waals surface area contributed by atoms with Crippen molar-refractivity contribution >= 4 is 10.0 Å². The van der Waals surface area contributed by atoms with Crippen LogP contribution in [0.1, 0.15) is 35.6 Å². The number of hydrogen-bond acceptors (Lipinski definition) is 4. The predicted molar refractivity (Wildman–Crippen MR) is 92.6 cm³/mol. The second kappa shape index (κ2) is 6.53. The molecule has 1 atom stereocenters. The van der Waals surface area contributed by atoms with Crippen LogP contribution in [0.2, 0.25) is 0 Å². The summed E-state index contributed by atoms with van der Waals surface area (Å²) < 4.78 is 32.8. The maximum Gasteiger partial charge on any atom is 0.243 e. The van der Waals surface area contributed by atoms with Crippen LogP contribution in [-0.2, 0) is 10.0 Å². The Bertz CT molecular complexity index is 832. The van der Waals surface area contributed by atoms with Crippen molar-refractivity contribution in [1.29, 1.82) is 0 Å². The largest absolute Gasteiger partial charge is 0.481 e. The zero-order valence-electron chi connectivity index (χ0n) is 14.2. The van der Waals surface area contributed by atoms with E-state index in [-0.39, 0.29) is 6.04 Å². The molecule has 0 saturated carbocycles. The topological polar surface area (TPSA) is 59.5 Å². The first-order valence-electron chi connectivity index (χ1n) is 8.02. The SMILES string of the molecule is COc1ncc(C2CCCN2S(=O)(=O)c2ccc(C)cc2)cc1C. The Hall–Kier alpha value is -1.92. The number of nitrogens with zero attached hydrogens (tertiary/aromatic N) is 2. The fourth-order valence-corrected chi connectivity index (χ4v) is 4.87. The minimum absolute atomic E-state index is 0.173. The van der Waals surface area contributed by atoms with E-state index in [4.69, 9.17) is 4.74 Å². The maximum absolute atomic E-state index is 13.0. The van der Waals surface area contributed by atoms with Crippen molar-refractivity contribution in [3.63, 3.8) is 0 Å². The van der Waals surface area contributed by atoms with E-state index in [1.54, 1.807) is 29.7 Å². The first-order valence-corrected chi connectivity index (χ1v) is 9.46. The number of methoxy groups -OCH3 is 1. The summed E-state index contributed by atoms with van der Waals surface area (Å²) in [6.07, 6.45) is 3.37. The molecule has 1 unspecified atom stereocenters. The van der Waals surface area contributed by atoms with Gasteiger partial charge < -0.3 is 4.74 Å². The third-order valence-electron chi connectivity index (χ3n) is 4.46. The van der Waals surface area contributed by atoms with E-state index in [1.807, 2.05) is 32.0 Å². The summed E-state index contributed by atoms with van der Waals surface area (Å²) in [5, 5.41) is 0. The van der Waals surface area contributed by atoms with Gasteiger partial charge in [0.2, 0.25) is 15.9 Å². The van der Waals surface area contributed by atoms with Gasteiger partial charge in [0.25, 0.3) is 0 Å². The van der Waals surface area contributed by atoms with E-state index >= 15 is 0 Å². The van der Waals surface area contributed by atoms with Gasteiger partial charge in [-0.3, -0.25) is 0 Å². The van der Waals surface area contributed by atoms with Crippen LogP contribution in [0.4, 0.5) is 0 Å². The van der Waals surface area contributed by atoms with Gasteiger partial charge in [-0.05, 0) is 50.5 Å². The van der Waals surface area contributed by atoms with Crippen molar-refractivity contribution in [2.45, 2.75) is 37.6 Å². The number of pyridine rings is 1. The molecule has 1 fully saturated rings. The van der Waals surface area contributed by atoms with Gasteiger partial charge in [0.15, 0.2) is 0 Å². The lowest BCUT2D eigenvalue weighted by Gasteiger charge is -2.24. The zero-order valence-corrected chi connectivity index (χ0v) is 15.0. The lowest BCUT2D eigenvalue weighted by molar-refractivity contribution is 0.385. The molecule has 1 aromatic carbocycles. The van der Waals surface area contributed by atoms with E-state index in [2.05, 4.69) is 4.98 Å². The Morgan fingerprint density at radius 3 is 2.54 bits per heavy atom. The normalized spacial score (nSPS) is 18.7. The summed E-state index contributed by atoms with van der Waals surface area (Å²) in [5.74, 6) is 0.574. The highest BCUT2D eigenvalue weighted by molar-refractivity contribution is 7.89. The molecule has 1 aromatic heterocycles. The molecule has 128 valence electrons. The maximum atomic E-state index is 13.0. The smallest absolute Gasteiger partial charge is 0.243 e. The van der Waals surface area contributed by atoms with E-state index < -0.39 is 10.0 Å². The number of rotatable bonds is 4. The van der Waals surface area contributed by atoms with Gasteiger partial charge in [-0.1, -0.05) is 17.7 Å². The molecule has 3 rings (SSSR count). The first kappa shape index (κ1) is 16.9. The molecule has 24 heavy (non-hydrogen) atoms. The zero-order chi connectivity index (χ0) is 17.3. The van der Waals surface area contributed by atoms with Crippen LogP contribution < -0.4 is 4.74 Å². The first-order chi connectivity index (χ1) is 11.4. The van der Waals surface area contributed by atoms with Crippen LogP contribution in [0.25, 0.3) is 0 Å². The molecule has 1 saturated heterocycles. The van der Waals surface area contributed by atoms with Gasteiger partial charge in [-0.2, -0.15) is 4.31 Å². The Balaban J connectivity index is 1.95. The summed E-state index contributed by atoms with van der Waals surface area (Å²) in [7, 11) is -1.92. The van der Waals surface area contributed by atoms with Crippen LogP contribution in [0.5, 0.6) is 5.88 Å². The fourth-order valence-electron chi connectivity index (χ4n) is 3.19. The van der Waals surface area contributed by atoms with Crippen LogP contribution >= 0.6 is 0 Å². The number of sulfonamides is 1. The third kappa shape index (κ3) is 3.03. The average molecular weight is 346 g/mol. The lowest BCUT2D eigenvalue weighted by Crippen LogP contribution is -2.30. The van der Waals surface area contributed by atoms with Crippen molar-refractivity contribution in [3.05, 3.63) is 53.2 Å². The van der Waals surface area contributed by atoms with E-state index in [1.165, 1.54) is 0 Å². The van der Waals surface area contributed by atoms with Gasteiger partial charge >= 0.3 is 0 Å². The van der Waals surface area contributed by atoms with Crippen molar-refractivity contribution in [2.24, 2.45) is 0 Å². The highest BCUT2D eigenvalue weighted by Gasteiger charge is 2.36. The summed E-state index contributed by atoms with van der Waals surface area (Å²) in [5.41, 5.74) is 2.87. The summed E-state index contributed by atoms with van der Waals surface area (Å²) >= 11 is 0. The molecule has 0 radical (unpaired) electrons. The number of aromatic nitrogens is 1.